The van der Waals surface area contributed by atoms with Crippen molar-refractivity contribution < 1.29 is 0 Å². The van der Waals surface area contributed by atoms with Gasteiger partial charge in [-0.25, -0.2) is 4.98 Å². The first-order chi connectivity index (χ1) is 8.29. The van der Waals surface area contributed by atoms with Crippen LogP contribution in [0.2, 0.25) is 0 Å². The molecular formula is C13H18N4. The molecule has 0 radical (unpaired) electrons. The molecule has 0 aliphatic heterocycles. The van der Waals surface area contributed by atoms with Gasteiger partial charge in [-0.3, -0.25) is 9.88 Å². The summed E-state index contributed by atoms with van der Waals surface area (Å²) in [5.41, 5.74) is 2.93. The second kappa shape index (κ2) is 5.70. The van der Waals surface area contributed by atoms with Crippen LogP contribution in [0.4, 0.5) is 0 Å². The number of likely N-dealkylation sites (N-methyl/N-ethyl adjacent to an activating group) is 2. The Kier molecular flexibility index (Phi) is 4.01. The molecule has 1 aromatic heterocycles. The van der Waals surface area contributed by atoms with E-state index in [2.05, 4.69) is 27.2 Å². The van der Waals surface area contributed by atoms with E-state index < -0.39 is 0 Å². The second-order valence-electron chi connectivity index (χ2n) is 4.19. The molecule has 17 heavy (non-hydrogen) atoms. The third-order valence-electron chi connectivity index (χ3n) is 2.67. The fraction of sp³-hybridized carbons (Fsp3) is 0.385. The molecule has 2 rings (SSSR count). The van der Waals surface area contributed by atoms with Crippen molar-refractivity contribution in [1.82, 2.24) is 20.2 Å². The number of para-hydroxylation sites is 2. The van der Waals surface area contributed by atoms with Gasteiger partial charge in [-0.15, -0.1) is 0 Å². The molecule has 0 saturated heterocycles. The molecule has 0 aliphatic carbocycles. The Balaban J connectivity index is 2.08. The van der Waals surface area contributed by atoms with Crippen LogP contribution in [0, 0.1) is 0 Å². The molecule has 0 saturated carbocycles. The molecule has 1 N–H and O–H groups in total. The molecule has 0 fully saturated rings. The highest BCUT2D eigenvalue weighted by Crippen LogP contribution is 2.09. The van der Waals surface area contributed by atoms with E-state index in [9.17, 15) is 0 Å². The van der Waals surface area contributed by atoms with Crippen LogP contribution in [0.1, 0.15) is 5.69 Å². The van der Waals surface area contributed by atoms with Gasteiger partial charge in [0.25, 0.3) is 0 Å². The minimum Gasteiger partial charge on any atom is -0.318 e. The van der Waals surface area contributed by atoms with Crippen molar-refractivity contribution in [2.45, 2.75) is 6.54 Å². The van der Waals surface area contributed by atoms with E-state index in [0.717, 1.165) is 36.4 Å². The minimum atomic E-state index is 0.833. The van der Waals surface area contributed by atoms with Crippen LogP contribution >= 0.6 is 0 Å². The van der Waals surface area contributed by atoms with Crippen molar-refractivity contribution in [3.63, 3.8) is 0 Å². The van der Waals surface area contributed by atoms with Crippen molar-refractivity contribution in [2.75, 3.05) is 27.2 Å². The zero-order chi connectivity index (χ0) is 12.1. The molecule has 0 bridgehead atoms. The predicted molar refractivity (Wildman–Crippen MR) is 69.8 cm³/mol. The highest BCUT2D eigenvalue weighted by atomic mass is 15.1. The van der Waals surface area contributed by atoms with Crippen LogP contribution in [-0.4, -0.2) is 42.1 Å². The molecule has 0 unspecified atom stereocenters. The van der Waals surface area contributed by atoms with Crippen LogP contribution in [0.15, 0.2) is 30.5 Å². The van der Waals surface area contributed by atoms with Crippen LogP contribution in [0.5, 0.6) is 0 Å². The van der Waals surface area contributed by atoms with Crippen LogP contribution in [0.3, 0.4) is 0 Å². The summed E-state index contributed by atoms with van der Waals surface area (Å²) < 4.78 is 0. The number of aromatic nitrogens is 2. The van der Waals surface area contributed by atoms with Crippen LogP contribution in [0.25, 0.3) is 11.0 Å². The SMILES string of the molecule is CNCCN(C)Cc1cnc2ccccc2n1. The molecule has 0 atom stereocenters. The summed E-state index contributed by atoms with van der Waals surface area (Å²) >= 11 is 0. The van der Waals surface area contributed by atoms with Crippen molar-refractivity contribution in [3.05, 3.63) is 36.2 Å². The van der Waals surface area contributed by atoms with E-state index in [1.54, 1.807) is 0 Å². The molecule has 1 heterocycles. The summed E-state index contributed by atoms with van der Waals surface area (Å²) in [5, 5.41) is 3.14. The number of benzene rings is 1. The van der Waals surface area contributed by atoms with Crippen molar-refractivity contribution >= 4 is 11.0 Å². The number of fused-ring (bicyclic) bond motifs is 1. The molecule has 0 spiro atoms. The molecule has 4 heteroatoms. The summed E-state index contributed by atoms with van der Waals surface area (Å²) in [6.07, 6.45) is 1.86. The van der Waals surface area contributed by atoms with Gasteiger partial charge in [0.15, 0.2) is 0 Å². The number of nitrogens with zero attached hydrogens (tertiary/aromatic N) is 3. The Morgan fingerprint density at radius 1 is 1.24 bits per heavy atom. The molecule has 90 valence electrons. The van der Waals surface area contributed by atoms with Gasteiger partial charge in [0.2, 0.25) is 0 Å². The van der Waals surface area contributed by atoms with Gasteiger partial charge < -0.3 is 5.32 Å². The number of rotatable bonds is 5. The van der Waals surface area contributed by atoms with Crippen LogP contribution in [-0.2, 0) is 6.54 Å². The highest BCUT2D eigenvalue weighted by molar-refractivity contribution is 5.73. The largest absolute Gasteiger partial charge is 0.318 e. The average molecular weight is 230 g/mol. The van der Waals surface area contributed by atoms with Crippen LogP contribution < -0.4 is 5.32 Å². The lowest BCUT2D eigenvalue weighted by Crippen LogP contribution is -2.27. The van der Waals surface area contributed by atoms with E-state index in [0.29, 0.717) is 0 Å². The van der Waals surface area contributed by atoms with Gasteiger partial charge in [-0.1, -0.05) is 12.1 Å². The first kappa shape index (κ1) is 12.0. The number of hydrogen-bond acceptors (Lipinski definition) is 4. The van der Waals surface area contributed by atoms with E-state index in [1.807, 2.05) is 37.5 Å². The summed E-state index contributed by atoms with van der Waals surface area (Å²) in [6, 6.07) is 7.96. The molecular weight excluding hydrogens is 212 g/mol. The second-order valence-corrected chi connectivity index (χ2v) is 4.19. The lowest BCUT2D eigenvalue weighted by Gasteiger charge is -2.15. The van der Waals surface area contributed by atoms with Gasteiger partial charge >= 0.3 is 0 Å². The Morgan fingerprint density at radius 2 is 2.00 bits per heavy atom. The predicted octanol–water partition coefficient (Wildman–Crippen LogP) is 1.28. The van der Waals surface area contributed by atoms with Crippen molar-refractivity contribution in [3.8, 4) is 0 Å². The van der Waals surface area contributed by atoms with Crippen molar-refractivity contribution in [1.29, 1.82) is 0 Å². The highest BCUT2D eigenvalue weighted by Gasteiger charge is 2.02. The Morgan fingerprint density at radius 3 is 2.76 bits per heavy atom. The smallest absolute Gasteiger partial charge is 0.0890 e. The van der Waals surface area contributed by atoms with Gasteiger partial charge in [0.1, 0.15) is 0 Å². The van der Waals surface area contributed by atoms with E-state index in [4.69, 9.17) is 0 Å². The first-order valence-electron chi connectivity index (χ1n) is 5.83. The molecule has 0 amide bonds. The van der Waals surface area contributed by atoms with E-state index in [-0.39, 0.29) is 0 Å². The Labute approximate surface area is 102 Å². The fourth-order valence-corrected chi connectivity index (χ4v) is 1.73. The maximum absolute atomic E-state index is 4.60. The monoisotopic (exact) mass is 230 g/mol. The van der Waals surface area contributed by atoms with Gasteiger partial charge in [-0.2, -0.15) is 0 Å². The lowest BCUT2D eigenvalue weighted by molar-refractivity contribution is 0.324. The van der Waals surface area contributed by atoms with Gasteiger partial charge in [-0.05, 0) is 26.2 Å². The standard InChI is InChI=1S/C13H18N4/c1-14-7-8-17(2)10-11-9-15-12-5-3-4-6-13(12)16-11/h3-6,9,14H,7-8,10H2,1-2H3. The van der Waals surface area contributed by atoms with E-state index in [1.165, 1.54) is 0 Å². The third-order valence-corrected chi connectivity index (χ3v) is 2.67. The Hall–Kier alpha value is -1.52. The van der Waals surface area contributed by atoms with Gasteiger partial charge in [0, 0.05) is 19.6 Å². The minimum absolute atomic E-state index is 0.833. The topological polar surface area (TPSA) is 41.0 Å². The summed E-state index contributed by atoms with van der Waals surface area (Å²) in [5.74, 6) is 0. The zero-order valence-corrected chi connectivity index (χ0v) is 10.3. The number of nitrogens with one attached hydrogen (secondary N) is 1. The molecule has 2 aromatic rings. The summed E-state index contributed by atoms with van der Waals surface area (Å²) in [6.45, 7) is 2.82. The van der Waals surface area contributed by atoms with Crippen molar-refractivity contribution in [2.24, 2.45) is 0 Å². The quantitative estimate of drug-likeness (QED) is 0.840. The fourth-order valence-electron chi connectivity index (χ4n) is 1.73. The lowest BCUT2D eigenvalue weighted by atomic mass is 10.3. The molecule has 1 aromatic carbocycles. The first-order valence-corrected chi connectivity index (χ1v) is 5.83. The van der Waals surface area contributed by atoms with Gasteiger partial charge in [0.05, 0.1) is 22.9 Å². The summed E-state index contributed by atoms with van der Waals surface area (Å²) in [4.78, 5) is 11.2. The number of hydrogen-bond donors (Lipinski definition) is 1. The zero-order valence-electron chi connectivity index (χ0n) is 10.3. The average Bonchev–Trinajstić information content (AvgIpc) is 2.36. The Bertz CT molecular complexity index is 484. The summed E-state index contributed by atoms with van der Waals surface area (Å²) in [7, 11) is 4.05. The third kappa shape index (κ3) is 3.22. The van der Waals surface area contributed by atoms with E-state index >= 15 is 0 Å². The molecule has 4 nitrogen and oxygen atoms in total. The maximum atomic E-state index is 4.60. The normalized spacial score (nSPS) is 11.2. The maximum Gasteiger partial charge on any atom is 0.0890 e. The molecule has 0 aliphatic rings.